The second-order valence-electron chi connectivity index (χ2n) is 8.84. The van der Waals surface area contributed by atoms with Gasteiger partial charge in [-0.1, -0.05) is 35.8 Å². The third-order valence-electron chi connectivity index (χ3n) is 3.92. The Balaban J connectivity index is 2.14. The van der Waals surface area contributed by atoms with E-state index in [-0.39, 0.29) is 17.5 Å². The van der Waals surface area contributed by atoms with Crippen molar-refractivity contribution in [1.82, 2.24) is 9.27 Å². The maximum Gasteiger partial charge on any atom is 0.408 e. The molecule has 0 fully saturated rings. The van der Waals surface area contributed by atoms with E-state index in [1.165, 1.54) is 11.5 Å². The smallest absolute Gasteiger partial charge is 0.408 e. The van der Waals surface area contributed by atoms with Gasteiger partial charge < -0.3 is 15.2 Å². The zero-order valence-electron chi connectivity index (χ0n) is 17.6. The minimum atomic E-state index is -1.14. The van der Waals surface area contributed by atoms with Gasteiger partial charge in [0.1, 0.15) is 11.6 Å². The molecule has 0 saturated carbocycles. The van der Waals surface area contributed by atoms with Crippen molar-refractivity contribution in [2.24, 2.45) is 0 Å². The summed E-state index contributed by atoms with van der Waals surface area (Å²) in [6.45, 7) is 11.1. The number of rotatable bonds is 5. The molecule has 1 aromatic heterocycles. The summed E-state index contributed by atoms with van der Waals surface area (Å²) in [5, 5.41) is 11.8. The summed E-state index contributed by atoms with van der Waals surface area (Å²) in [6, 6.07) is 7.80. The van der Waals surface area contributed by atoms with E-state index in [1.807, 2.05) is 32.9 Å². The Morgan fingerprint density at radius 3 is 2.17 bits per heavy atom. The number of aliphatic carboxylic acids is 1. The van der Waals surface area contributed by atoms with Crippen molar-refractivity contribution in [3.8, 4) is 10.4 Å². The van der Waals surface area contributed by atoms with Gasteiger partial charge in [0.2, 0.25) is 0 Å². The first-order chi connectivity index (χ1) is 13.3. The van der Waals surface area contributed by atoms with Crippen molar-refractivity contribution in [2.75, 3.05) is 0 Å². The Hall–Kier alpha value is -2.61. The summed E-state index contributed by atoms with van der Waals surface area (Å²) >= 11 is 1.39. The first kappa shape index (κ1) is 22.7. The summed E-state index contributed by atoms with van der Waals surface area (Å²) < 4.78 is 6.85. The lowest BCUT2D eigenvalue weighted by Gasteiger charge is -2.22. The topological polar surface area (TPSA) is 97.6 Å². The molecule has 2 aromatic rings. The molecule has 1 atom stereocenters. The molecule has 2 N–H and O–H groups in total. The number of carboxylic acid groups (broad SMARTS) is 1. The predicted octanol–water partition coefficient (Wildman–Crippen LogP) is 3.85. The van der Waals surface area contributed by atoms with Crippen LogP contribution in [0, 0.1) is 0 Å². The van der Waals surface area contributed by atoms with Gasteiger partial charge >= 0.3 is 12.1 Å². The molecular weight excluding hydrogens is 392 g/mol. The zero-order valence-corrected chi connectivity index (χ0v) is 18.4. The highest BCUT2D eigenvalue weighted by molar-refractivity contribution is 7.10. The maximum atomic E-state index is 12.2. The number of alkyl carbamates (subject to hydrolysis) is 1. The van der Waals surface area contributed by atoms with Gasteiger partial charge in [-0.2, -0.15) is 0 Å². The summed E-state index contributed by atoms with van der Waals surface area (Å²) in [5.74, 6) is -1.14. The zero-order chi connectivity index (χ0) is 22.0. The standard InChI is InChI=1S/C21H28N2O5S/c1-20(2,3)23-17(24)12-16(29-23)14-9-7-13(8-10-14)11-15(18(25)26)22-19(27)28-21(4,5)6/h7-10,12,15H,11H2,1-6H3,(H,22,27)(H,25,26)/t15-/m0/s1. The van der Waals surface area contributed by atoms with Crippen LogP contribution in [0.3, 0.4) is 0 Å². The number of benzene rings is 1. The van der Waals surface area contributed by atoms with E-state index in [1.54, 1.807) is 42.9 Å². The monoisotopic (exact) mass is 420 g/mol. The second kappa shape index (κ2) is 8.41. The Labute approximate surface area is 174 Å². The molecular formula is C21H28N2O5S. The minimum Gasteiger partial charge on any atom is -0.480 e. The van der Waals surface area contributed by atoms with Gasteiger partial charge in [-0.25, -0.2) is 9.59 Å². The fourth-order valence-corrected chi connectivity index (χ4v) is 3.64. The van der Waals surface area contributed by atoms with Crippen LogP contribution in [-0.4, -0.2) is 32.8 Å². The molecule has 1 amide bonds. The molecule has 0 bridgehead atoms. The minimum absolute atomic E-state index is 0.0471. The van der Waals surface area contributed by atoms with Crippen molar-refractivity contribution in [1.29, 1.82) is 0 Å². The van der Waals surface area contributed by atoms with Crippen molar-refractivity contribution in [3.63, 3.8) is 0 Å². The lowest BCUT2D eigenvalue weighted by atomic mass is 10.0. The number of nitrogens with one attached hydrogen (secondary N) is 1. The van der Waals surface area contributed by atoms with Crippen LogP contribution in [0.1, 0.15) is 47.1 Å². The molecule has 158 valence electrons. The summed E-state index contributed by atoms with van der Waals surface area (Å²) in [5.41, 5.74) is 0.585. The molecule has 7 nitrogen and oxygen atoms in total. The van der Waals surface area contributed by atoms with Gasteiger partial charge in [-0.05, 0) is 52.7 Å². The molecule has 1 aromatic carbocycles. The number of nitrogens with zero attached hydrogens (tertiary/aromatic N) is 1. The summed E-state index contributed by atoms with van der Waals surface area (Å²) in [4.78, 5) is 36.5. The fraction of sp³-hybridized carbons (Fsp3) is 0.476. The van der Waals surface area contributed by atoms with Gasteiger partial charge in [-0.15, -0.1) is 0 Å². The quantitative estimate of drug-likeness (QED) is 0.766. The highest BCUT2D eigenvalue weighted by atomic mass is 32.1. The van der Waals surface area contributed by atoms with Crippen LogP contribution in [0.2, 0.25) is 0 Å². The molecule has 0 aliphatic heterocycles. The number of hydrogen-bond acceptors (Lipinski definition) is 5. The maximum absolute atomic E-state index is 12.2. The van der Waals surface area contributed by atoms with Gasteiger partial charge in [0, 0.05) is 12.5 Å². The third-order valence-corrected chi connectivity index (χ3v) is 5.38. The van der Waals surface area contributed by atoms with Crippen molar-refractivity contribution in [2.45, 2.75) is 65.1 Å². The molecule has 0 unspecified atom stereocenters. The highest BCUT2D eigenvalue weighted by Gasteiger charge is 2.24. The van der Waals surface area contributed by atoms with E-state index in [0.29, 0.717) is 0 Å². The Morgan fingerprint density at radius 1 is 1.14 bits per heavy atom. The number of hydrogen-bond donors (Lipinski definition) is 2. The predicted molar refractivity (Wildman–Crippen MR) is 114 cm³/mol. The molecule has 1 heterocycles. The first-order valence-corrected chi connectivity index (χ1v) is 10.1. The lowest BCUT2D eigenvalue weighted by Crippen LogP contribution is -2.44. The number of carbonyl (C=O) groups is 2. The van der Waals surface area contributed by atoms with Crippen LogP contribution in [0.25, 0.3) is 10.4 Å². The van der Waals surface area contributed by atoms with E-state index in [4.69, 9.17) is 4.74 Å². The van der Waals surface area contributed by atoms with Crippen molar-refractivity contribution >= 4 is 23.6 Å². The molecule has 8 heteroatoms. The van der Waals surface area contributed by atoms with Gasteiger partial charge in [0.25, 0.3) is 5.56 Å². The molecule has 29 heavy (non-hydrogen) atoms. The van der Waals surface area contributed by atoms with Gasteiger partial charge in [0.15, 0.2) is 0 Å². The van der Waals surface area contributed by atoms with E-state index < -0.39 is 23.7 Å². The molecule has 0 saturated heterocycles. The van der Waals surface area contributed by atoms with Crippen molar-refractivity contribution in [3.05, 3.63) is 46.2 Å². The lowest BCUT2D eigenvalue weighted by molar-refractivity contribution is -0.139. The highest BCUT2D eigenvalue weighted by Crippen LogP contribution is 2.27. The normalized spacial score (nSPS) is 13.0. The van der Waals surface area contributed by atoms with Gasteiger partial charge in [-0.3, -0.25) is 8.75 Å². The molecule has 0 spiro atoms. The first-order valence-electron chi connectivity index (χ1n) is 9.32. The van der Waals surface area contributed by atoms with Crippen LogP contribution < -0.4 is 10.9 Å². The number of ether oxygens (including phenoxy) is 1. The molecule has 0 aliphatic carbocycles. The molecule has 0 radical (unpaired) electrons. The Morgan fingerprint density at radius 2 is 1.72 bits per heavy atom. The van der Waals surface area contributed by atoms with Crippen LogP contribution in [-0.2, 0) is 21.5 Å². The fourth-order valence-electron chi connectivity index (χ4n) is 2.63. The van der Waals surface area contributed by atoms with E-state index in [0.717, 1.165) is 16.0 Å². The van der Waals surface area contributed by atoms with Crippen LogP contribution >= 0.6 is 11.5 Å². The number of amides is 1. The summed E-state index contributed by atoms with van der Waals surface area (Å²) in [6.07, 6.45) is -0.650. The van der Waals surface area contributed by atoms with E-state index in [2.05, 4.69) is 5.32 Å². The molecule has 0 aliphatic rings. The average Bonchev–Trinajstić information content (AvgIpc) is 2.95. The van der Waals surface area contributed by atoms with Crippen LogP contribution in [0.5, 0.6) is 0 Å². The number of carbonyl (C=O) groups excluding carboxylic acids is 1. The number of carboxylic acids is 1. The van der Waals surface area contributed by atoms with Crippen molar-refractivity contribution < 1.29 is 19.4 Å². The SMILES string of the molecule is CC(C)(C)OC(=O)N[C@@H](Cc1ccc(-c2cc(=O)n(C(C)(C)C)s2)cc1)C(=O)O. The Kier molecular flexibility index (Phi) is 6.57. The number of aromatic nitrogens is 1. The van der Waals surface area contributed by atoms with E-state index in [9.17, 15) is 19.5 Å². The van der Waals surface area contributed by atoms with Crippen LogP contribution in [0.4, 0.5) is 4.79 Å². The third kappa shape index (κ3) is 6.45. The average molecular weight is 421 g/mol. The molecule has 2 rings (SSSR count). The summed E-state index contributed by atoms with van der Waals surface area (Å²) in [7, 11) is 0. The van der Waals surface area contributed by atoms with Crippen LogP contribution in [0.15, 0.2) is 35.1 Å². The van der Waals surface area contributed by atoms with E-state index >= 15 is 0 Å². The largest absolute Gasteiger partial charge is 0.480 e. The second-order valence-corrected chi connectivity index (χ2v) is 9.83. The Bertz CT molecular complexity index is 930. The van der Waals surface area contributed by atoms with Gasteiger partial charge in [0.05, 0.1) is 10.4 Å².